The third-order valence-electron chi connectivity index (χ3n) is 3.08. The van der Waals surface area contributed by atoms with Gasteiger partial charge >= 0.3 is 5.97 Å². The summed E-state index contributed by atoms with van der Waals surface area (Å²) < 4.78 is 5.21. The summed E-state index contributed by atoms with van der Waals surface area (Å²) in [5.74, 6) is 0.0730. The Labute approximate surface area is 88.4 Å². The van der Waals surface area contributed by atoms with Crippen LogP contribution < -0.4 is 0 Å². The molecule has 1 aromatic rings. The Morgan fingerprint density at radius 1 is 1.67 bits per heavy atom. The van der Waals surface area contributed by atoms with Crippen LogP contribution in [0.15, 0.2) is 28.4 Å². The Morgan fingerprint density at radius 2 is 2.40 bits per heavy atom. The average Bonchev–Trinajstić information content (AvgIpc) is 2.75. The lowest BCUT2D eigenvalue weighted by atomic mass is 9.93. The van der Waals surface area contributed by atoms with Gasteiger partial charge in [0.15, 0.2) is 0 Å². The van der Waals surface area contributed by atoms with E-state index in [-0.39, 0.29) is 11.8 Å². The molecule has 0 amide bonds. The second kappa shape index (κ2) is 3.57. The predicted octanol–water partition coefficient (Wildman–Crippen LogP) is 2.94. The molecule has 0 spiro atoms. The molecule has 1 aliphatic carbocycles. The second-order valence-corrected chi connectivity index (χ2v) is 4.19. The average molecular weight is 206 g/mol. The van der Waals surface area contributed by atoms with E-state index in [1.165, 1.54) is 0 Å². The Balaban J connectivity index is 2.14. The molecule has 0 bridgehead atoms. The van der Waals surface area contributed by atoms with E-state index in [0.29, 0.717) is 0 Å². The summed E-state index contributed by atoms with van der Waals surface area (Å²) in [6, 6.07) is 3.70. The Morgan fingerprint density at radius 3 is 2.87 bits per heavy atom. The van der Waals surface area contributed by atoms with Crippen LogP contribution in [0.4, 0.5) is 0 Å². The van der Waals surface area contributed by atoms with E-state index in [1.807, 2.05) is 25.1 Å². The van der Waals surface area contributed by atoms with Gasteiger partial charge in [-0.2, -0.15) is 0 Å². The van der Waals surface area contributed by atoms with Crippen LogP contribution in [0.1, 0.15) is 31.9 Å². The molecule has 1 heterocycles. The fourth-order valence-electron chi connectivity index (χ4n) is 1.89. The minimum atomic E-state index is -0.723. The highest BCUT2D eigenvalue weighted by atomic mass is 16.4. The number of hydrogen-bond donors (Lipinski definition) is 1. The molecule has 0 unspecified atom stereocenters. The SMILES string of the molecule is C/C(=C/c1ccco1)C1(CC(=O)O)CC1. The minimum Gasteiger partial charge on any atom is -0.481 e. The van der Waals surface area contributed by atoms with E-state index in [1.54, 1.807) is 6.26 Å². The molecular weight excluding hydrogens is 192 g/mol. The molecule has 0 aromatic carbocycles. The van der Waals surface area contributed by atoms with Gasteiger partial charge in [0.25, 0.3) is 0 Å². The highest BCUT2D eigenvalue weighted by Gasteiger charge is 2.45. The molecule has 1 fully saturated rings. The fourth-order valence-corrected chi connectivity index (χ4v) is 1.89. The number of carboxylic acids is 1. The van der Waals surface area contributed by atoms with Crippen molar-refractivity contribution in [2.24, 2.45) is 5.41 Å². The van der Waals surface area contributed by atoms with E-state index in [0.717, 1.165) is 24.2 Å². The van der Waals surface area contributed by atoms with E-state index < -0.39 is 5.97 Å². The normalized spacial score (nSPS) is 18.9. The van der Waals surface area contributed by atoms with Crippen molar-refractivity contribution in [2.45, 2.75) is 26.2 Å². The number of rotatable bonds is 4. The van der Waals surface area contributed by atoms with Gasteiger partial charge in [0.05, 0.1) is 12.7 Å². The van der Waals surface area contributed by atoms with Crippen molar-refractivity contribution in [2.75, 3.05) is 0 Å². The summed E-state index contributed by atoms with van der Waals surface area (Å²) in [5.41, 5.74) is 1.01. The molecule has 0 atom stereocenters. The van der Waals surface area contributed by atoms with Gasteiger partial charge in [0.1, 0.15) is 5.76 Å². The maximum Gasteiger partial charge on any atom is 0.304 e. The van der Waals surface area contributed by atoms with Crippen molar-refractivity contribution >= 4 is 12.0 Å². The number of aliphatic carboxylic acids is 1. The molecule has 1 saturated carbocycles. The van der Waals surface area contributed by atoms with Crippen molar-refractivity contribution in [3.63, 3.8) is 0 Å². The number of allylic oxidation sites excluding steroid dienone is 1. The molecule has 2 rings (SSSR count). The molecule has 0 radical (unpaired) electrons. The number of hydrogen-bond acceptors (Lipinski definition) is 2. The molecule has 1 aromatic heterocycles. The molecule has 0 saturated heterocycles. The zero-order chi connectivity index (χ0) is 10.9. The van der Waals surface area contributed by atoms with E-state index in [2.05, 4.69) is 0 Å². The van der Waals surface area contributed by atoms with Crippen LogP contribution in [0.2, 0.25) is 0 Å². The Hall–Kier alpha value is -1.51. The molecule has 1 aliphatic rings. The van der Waals surface area contributed by atoms with Crippen LogP contribution in [0, 0.1) is 5.41 Å². The van der Waals surface area contributed by atoms with Crippen molar-refractivity contribution in [3.8, 4) is 0 Å². The zero-order valence-electron chi connectivity index (χ0n) is 8.69. The van der Waals surface area contributed by atoms with Crippen LogP contribution in [0.5, 0.6) is 0 Å². The van der Waals surface area contributed by atoms with Crippen LogP contribution in [-0.2, 0) is 4.79 Å². The standard InChI is InChI=1S/C12H14O3/c1-9(7-10-3-2-6-15-10)12(4-5-12)8-11(13)14/h2-3,6-7H,4-5,8H2,1H3,(H,13,14)/b9-7-. The van der Waals surface area contributed by atoms with Gasteiger partial charge in [-0.15, -0.1) is 0 Å². The number of carboxylic acid groups (broad SMARTS) is 1. The van der Waals surface area contributed by atoms with Crippen LogP contribution >= 0.6 is 0 Å². The first-order valence-electron chi connectivity index (χ1n) is 5.06. The first kappa shape index (κ1) is 10.0. The molecule has 80 valence electrons. The maximum absolute atomic E-state index is 10.7. The Bertz CT molecular complexity index is 383. The van der Waals surface area contributed by atoms with Crippen molar-refractivity contribution in [1.29, 1.82) is 0 Å². The first-order chi connectivity index (χ1) is 7.12. The lowest BCUT2D eigenvalue weighted by Gasteiger charge is -2.12. The number of carbonyl (C=O) groups is 1. The molecule has 0 aliphatic heterocycles. The van der Waals surface area contributed by atoms with Crippen LogP contribution in [0.25, 0.3) is 6.08 Å². The summed E-state index contributed by atoms with van der Waals surface area (Å²) in [6.45, 7) is 1.98. The van der Waals surface area contributed by atoms with Gasteiger partial charge < -0.3 is 9.52 Å². The van der Waals surface area contributed by atoms with E-state index in [4.69, 9.17) is 9.52 Å². The first-order valence-corrected chi connectivity index (χ1v) is 5.06. The smallest absolute Gasteiger partial charge is 0.304 e. The van der Waals surface area contributed by atoms with Crippen molar-refractivity contribution in [3.05, 3.63) is 29.7 Å². The second-order valence-electron chi connectivity index (χ2n) is 4.19. The highest BCUT2D eigenvalue weighted by molar-refractivity contribution is 5.70. The summed E-state index contributed by atoms with van der Waals surface area (Å²) in [7, 11) is 0. The fraction of sp³-hybridized carbons (Fsp3) is 0.417. The van der Waals surface area contributed by atoms with Gasteiger partial charge in [-0.25, -0.2) is 0 Å². The van der Waals surface area contributed by atoms with Gasteiger partial charge in [-0.1, -0.05) is 5.57 Å². The summed E-state index contributed by atoms with van der Waals surface area (Å²) in [4.78, 5) is 10.7. The molecule has 15 heavy (non-hydrogen) atoms. The Kier molecular flexibility index (Phi) is 2.39. The predicted molar refractivity (Wildman–Crippen MR) is 56.3 cm³/mol. The third kappa shape index (κ3) is 2.12. The topological polar surface area (TPSA) is 50.4 Å². The van der Waals surface area contributed by atoms with Gasteiger partial charge in [0, 0.05) is 5.41 Å². The van der Waals surface area contributed by atoms with Gasteiger partial charge in [0.2, 0.25) is 0 Å². The van der Waals surface area contributed by atoms with E-state index >= 15 is 0 Å². The van der Waals surface area contributed by atoms with Crippen molar-refractivity contribution < 1.29 is 14.3 Å². The van der Waals surface area contributed by atoms with Crippen LogP contribution in [0.3, 0.4) is 0 Å². The zero-order valence-corrected chi connectivity index (χ0v) is 8.69. The minimum absolute atomic E-state index is 0.0986. The van der Waals surface area contributed by atoms with Crippen LogP contribution in [-0.4, -0.2) is 11.1 Å². The lowest BCUT2D eigenvalue weighted by Crippen LogP contribution is -2.09. The monoisotopic (exact) mass is 206 g/mol. The van der Waals surface area contributed by atoms with Gasteiger partial charge in [-0.3, -0.25) is 4.79 Å². The summed E-state index contributed by atoms with van der Waals surface area (Å²) in [6.07, 6.45) is 5.74. The summed E-state index contributed by atoms with van der Waals surface area (Å²) >= 11 is 0. The molecular formula is C12H14O3. The van der Waals surface area contributed by atoms with Gasteiger partial charge in [-0.05, 0) is 38.0 Å². The highest BCUT2D eigenvalue weighted by Crippen LogP contribution is 2.54. The quantitative estimate of drug-likeness (QED) is 0.823. The number of furan rings is 1. The molecule has 3 nitrogen and oxygen atoms in total. The van der Waals surface area contributed by atoms with Crippen molar-refractivity contribution in [1.82, 2.24) is 0 Å². The molecule has 3 heteroatoms. The summed E-state index contributed by atoms with van der Waals surface area (Å²) in [5, 5.41) is 8.81. The third-order valence-corrected chi connectivity index (χ3v) is 3.08. The lowest BCUT2D eigenvalue weighted by molar-refractivity contribution is -0.138. The maximum atomic E-state index is 10.7. The van der Waals surface area contributed by atoms with E-state index in [9.17, 15) is 4.79 Å². The molecule has 1 N–H and O–H groups in total. The largest absolute Gasteiger partial charge is 0.481 e.